The molecule has 1 aliphatic rings. The van der Waals surface area contributed by atoms with Gasteiger partial charge in [-0.05, 0) is 49.9 Å². The predicted molar refractivity (Wildman–Crippen MR) is 61.1 cm³/mol. The van der Waals surface area contributed by atoms with Crippen LogP contribution in [-0.2, 0) is 0 Å². The van der Waals surface area contributed by atoms with Crippen LogP contribution in [0.2, 0.25) is 0 Å². The molecule has 0 amide bonds. The summed E-state index contributed by atoms with van der Waals surface area (Å²) in [6.45, 7) is 11.0. The Morgan fingerprint density at radius 1 is 1.50 bits per heavy atom. The second-order valence-corrected chi connectivity index (χ2v) is 5.16. The second-order valence-electron chi connectivity index (χ2n) is 5.16. The molecule has 1 N–H and O–H groups in total. The van der Waals surface area contributed by atoms with Crippen LogP contribution in [0.1, 0.15) is 40.0 Å². The molecule has 0 aromatic carbocycles. The van der Waals surface area contributed by atoms with E-state index < -0.39 is 0 Å². The first-order valence-electron chi connectivity index (χ1n) is 5.82. The molecule has 82 valence electrons. The first-order chi connectivity index (χ1) is 6.56. The summed E-state index contributed by atoms with van der Waals surface area (Å²) in [7, 11) is 0. The fourth-order valence-electron chi connectivity index (χ4n) is 2.73. The Hall–Kier alpha value is -0.300. The van der Waals surface area contributed by atoms with E-state index in [1.165, 1.54) is 24.8 Å². The maximum atomic E-state index is 9.21. The lowest BCUT2D eigenvalue weighted by Gasteiger charge is -2.37. The summed E-state index contributed by atoms with van der Waals surface area (Å²) in [4.78, 5) is 0. The van der Waals surface area contributed by atoms with Crippen LogP contribution < -0.4 is 0 Å². The van der Waals surface area contributed by atoms with Crippen molar-refractivity contribution in [2.75, 3.05) is 6.61 Å². The van der Waals surface area contributed by atoms with E-state index >= 15 is 0 Å². The van der Waals surface area contributed by atoms with Gasteiger partial charge >= 0.3 is 0 Å². The fourth-order valence-corrected chi connectivity index (χ4v) is 2.73. The Balaban J connectivity index is 2.59. The number of hydrogen-bond acceptors (Lipinski definition) is 1. The highest BCUT2D eigenvalue weighted by atomic mass is 16.3. The van der Waals surface area contributed by atoms with Crippen molar-refractivity contribution >= 4 is 0 Å². The molecule has 1 fully saturated rings. The molecule has 0 aromatic heterocycles. The van der Waals surface area contributed by atoms with Crippen LogP contribution in [-0.4, -0.2) is 11.7 Å². The van der Waals surface area contributed by atoms with E-state index in [4.69, 9.17) is 0 Å². The Morgan fingerprint density at radius 3 is 2.64 bits per heavy atom. The highest BCUT2D eigenvalue weighted by molar-refractivity contribution is 4.99. The molecule has 0 radical (unpaired) electrons. The lowest BCUT2D eigenvalue weighted by Crippen LogP contribution is -2.29. The van der Waals surface area contributed by atoms with Crippen LogP contribution >= 0.6 is 0 Å². The molecule has 2 unspecified atom stereocenters. The molecule has 0 bridgehead atoms. The van der Waals surface area contributed by atoms with Gasteiger partial charge in [0.2, 0.25) is 0 Å². The minimum absolute atomic E-state index is 0.331. The number of aliphatic hydroxyl groups excluding tert-OH is 1. The maximum Gasteiger partial charge on any atom is 0.0459 e. The topological polar surface area (TPSA) is 20.2 Å². The molecule has 1 heteroatoms. The zero-order chi connectivity index (χ0) is 10.7. The summed E-state index contributed by atoms with van der Waals surface area (Å²) in [6, 6.07) is 0. The standard InChI is InChI=1S/C13H24O/c1-9(2)12-6-5-10(3)13(7-12)11(4)8-14/h10-14H,1,5-8H2,2-4H3/t10-,11?,12-,13?/m1/s1. The normalized spacial score (nSPS) is 35.3. The fraction of sp³-hybridized carbons (Fsp3) is 0.846. The second kappa shape index (κ2) is 4.97. The number of rotatable bonds is 3. The summed E-state index contributed by atoms with van der Waals surface area (Å²) in [5, 5.41) is 9.21. The molecule has 1 aliphatic carbocycles. The first kappa shape index (κ1) is 11.8. The average Bonchev–Trinajstić information content (AvgIpc) is 2.17. The van der Waals surface area contributed by atoms with Crippen LogP contribution in [0.3, 0.4) is 0 Å². The molecule has 0 aromatic rings. The van der Waals surface area contributed by atoms with Gasteiger partial charge in [-0.1, -0.05) is 26.0 Å². The van der Waals surface area contributed by atoms with Crippen LogP contribution in [0.5, 0.6) is 0 Å². The first-order valence-corrected chi connectivity index (χ1v) is 5.82. The highest BCUT2D eigenvalue weighted by Crippen LogP contribution is 2.40. The lowest BCUT2D eigenvalue weighted by atomic mass is 9.68. The summed E-state index contributed by atoms with van der Waals surface area (Å²) in [6.07, 6.45) is 3.83. The van der Waals surface area contributed by atoms with Gasteiger partial charge in [-0.3, -0.25) is 0 Å². The molecule has 1 rings (SSSR count). The summed E-state index contributed by atoms with van der Waals surface area (Å²) >= 11 is 0. The van der Waals surface area contributed by atoms with Gasteiger partial charge in [-0.15, -0.1) is 0 Å². The number of allylic oxidation sites excluding steroid dienone is 1. The van der Waals surface area contributed by atoms with E-state index in [-0.39, 0.29) is 0 Å². The van der Waals surface area contributed by atoms with Crippen molar-refractivity contribution in [2.24, 2.45) is 23.7 Å². The highest BCUT2D eigenvalue weighted by Gasteiger charge is 2.31. The average molecular weight is 196 g/mol. The number of aliphatic hydroxyl groups is 1. The van der Waals surface area contributed by atoms with Gasteiger partial charge in [0.15, 0.2) is 0 Å². The van der Waals surface area contributed by atoms with Gasteiger partial charge in [-0.25, -0.2) is 0 Å². The van der Waals surface area contributed by atoms with E-state index in [2.05, 4.69) is 27.4 Å². The van der Waals surface area contributed by atoms with Crippen LogP contribution in [0.4, 0.5) is 0 Å². The molecule has 0 aliphatic heterocycles. The molecule has 1 saturated carbocycles. The van der Waals surface area contributed by atoms with Crippen LogP contribution in [0, 0.1) is 23.7 Å². The molecule has 1 nitrogen and oxygen atoms in total. The zero-order valence-corrected chi connectivity index (χ0v) is 9.79. The van der Waals surface area contributed by atoms with Crippen molar-refractivity contribution in [3.63, 3.8) is 0 Å². The molecular weight excluding hydrogens is 172 g/mol. The summed E-state index contributed by atoms with van der Waals surface area (Å²) in [5.41, 5.74) is 1.33. The minimum atomic E-state index is 0.331. The van der Waals surface area contributed by atoms with Crippen molar-refractivity contribution in [2.45, 2.75) is 40.0 Å². The number of hydrogen-bond donors (Lipinski definition) is 1. The quantitative estimate of drug-likeness (QED) is 0.687. The van der Waals surface area contributed by atoms with Crippen molar-refractivity contribution < 1.29 is 5.11 Å². The third-order valence-electron chi connectivity index (χ3n) is 3.97. The van der Waals surface area contributed by atoms with Crippen molar-refractivity contribution in [1.82, 2.24) is 0 Å². The monoisotopic (exact) mass is 196 g/mol. The zero-order valence-electron chi connectivity index (χ0n) is 9.79. The smallest absolute Gasteiger partial charge is 0.0459 e. The van der Waals surface area contributed by atoms with Gasteiger partial charge in [0.25, 0.3) is 0 Å². The minimum Gasteiger partial charge on any atom is -0.396 e. The molecule has 0 heterocycles. The van der Waals surface area contributed by atoms with Gasteiger partial charge < -0.3 is 5.11 Å². The van der Waals surface area contributed by atoms with Crippen molar-refractivity contribution in [3.8, 4) is 0 Å². The molecule has 4 atom stereocenters. The van der Waals surface area contributed by atoms with E-state index in [0.29, 0.717) is 24.4 Å². The Labute approximate surface area is 88.2 Å². The SMILES string of the molecule is C=C(C)[C@@H]1CC[C@@H](C)C(C(C)CO)C1. The third-order valence-corrected chi connectivity index (χ3v) is 3.97. The van der Waals surface area contributed by atoms with E-state index in [1.54, 1.807) is 0 Å². The largest absolute Gasteiger partial charge is 0.396 e. The molecule has 0 saturated heterocycles. The van der Waals surface area contributed by atoms with Gasteiger partial charge in [0.05, 0.1) is 0 Å². The van der Waals surface area contributed by atoms with Crippen molar-refractivity contribution in [3.05, 3.63) is 12.2 Å². The van der Waals surface area contributed by atoms with Crippen LogP contribution in [0.25, 0.3) is 0 Å². The molecule has 0 spiro atoms. The summed E-state index contributed by atoms with van der Waals surface area (Å²) in [5.74, 6) is 2.61. The Morgan fingerprint density at radius 2 is 2.14 bits per heavy atom. The van der Waals surface area contributed by atoms with E-state index in [1.807, 2.05) is 0 Å². The van der Waals surface area contributed by atoms with Gasteiger partial charge in [0.1, 0.15) is 0 Å². The molecule has 14 heavy (non-hydrogen) atoms. The lowest BCUT2D eigenvalue weighted by molar-refractivity contribution is 0.104. The predicted octanol–water partition coefficient (Wildman–Crippen LogP) is 3.24. The van der Waals surface area contributed by atoms with E-state index in [9.17, 15) is 5.11 Å². The van der Waals surface area contributed by atoms with Crippen molar-refractivity contribution in [1.29, 1.82) is 0 Å². The Bertz CT molecular complexity index is 193. The maximum absolute atomic E-state index is 9.21. The van der Waals surface area contributed by atoms with Gasteiger partial charge in [-0.2, -0.15) is 0 Å². The van der Waals surface area contributed by atoms with Crippen LogP contribution in [0.15, 0.2) is 12.2 Å². The Kier molecular flexibility index (Phi) is 4.18. The van der Waals surface area contributed by atoms with E-state index in [0.717, 1.165) is 5.92 Å². The van der Waals surface area contributed by atoms with Gasteiger partial charge in [0, 0.05) is 6.61 Å². The molecular formula is C13H24O. The summed E-state index contributed by atoms with van der Waals surface area (Å²) < 4.78 is 0. The third kappa shape index (κ3) is 2.60.